The summed E-state index contributed by atoms with van der Waals surface area (Å²) in [5.74, 6) is -0.0135. The number of hydrogen-bond acceptors (Lipinski definition) is 6. The summed E-state index contributed by atoms with van der Waals surface area (Å²) in [6, 6.07) is 24.5. The van der Waals surface area contributed by atoms with Gasteiger partial charge in [-0.2, -0.15) is 0 Å². The Bertz CT molecular complexity index is 1050. The normalized spacial score (nSPS) is 25.6. The van der Waals surface area contributed by atoms with Crippen molar-refractivity contribution in [1.29, 1.82) is 0 Å². The number of benzene rings is 3. The molecule has 7 heteroatoms. The second-order valence-corrected chi connectivity index (χ2v) is 10.5. The van der Waals surface area contributed by atoms with Crippen molar-refractivity contribution in [2.24, 2.45) is 0 Å². The molecular formula is C29H33ClN2O4. The minimum atomic E-state index is -0.532. The van der Waals surface area contributed by atoms with Crippen LogP contribution in [0.1, 0.15) is 35.4 Å². The standard InChI is InChI=1S/C29H33ClN2O4/c30-22-7-1-19(2-8-22)29(20-3-9-23(10-4-20)31-15-25(33)13-26(34)16-31)21-5-11-24(12-6-21)32-17-27(35)14-28(36)18-32/h1-12,25-29,33-36H,13-18H2. The zero-order valence-corrected chi connectivity index (χ0v) is 20.9. The van der Waals surface area contributed by atoms with Crippen LogP contribution in [0.25, 0.3) is 0 Å². The summed E-state index contributed by atoms with van der Waals surface area (Å²) in [5.41, 5.74) is 5.31. The lowest BCUT2D eigenvalue weighted by atomic mass is 9.85. The van der Waals surface area contributed by atoms with E-state index >= 15 is 0 Å². The smallest absolute Gasteiger partial charge is 0.0740 e. The molecule has 3 aromatic rings. The Morgan fingerprint density at radius 3 is 1.17 bits per heavy atom. The largest absolute Gasteiger partial charge is 0.391 e. The Morgan fingerprint density at radius 2 is 0.833 bits per heavy atom. The second-order valence-electron chi connectivity index (χ2n) is 10.1. The zero-order valence-electron chi connectivity index (χ0n) is 20.1. The van der Waals surface area contributed by atoms with Crippen LogP contribution in [0.4, 0.5) is 11.4 Å². The Hall–Kier alpha value is -2.61. The van der Waals surface area contributed by atoms with Gasteiger partial charge in [-0.1, -0.05) is 48.0 Å². The van der Waals surface area contributed by atoms with Gasteiger partial charge in [0.2, 0.25) is 0 Å². The number of aliphatic hydroxyl groups excluding tert-OH is 4. The first-order chi connectivity index (χ1) is 17.4. The molecule has 190 valence electrons. The Kier molecular flexibility index (Phi) is 7.51. The lowest BCUT2D eigenvalue weighted by Gasteiger charge is -2.35. The maximum absolute atomic E-state index is 10.1. The average molecular weight is 509 g/mol. The van der Waals surface area contributed by atoms with Gasteiger partial charge in [0.15, 0.2) is 0 Å². The number of β-amino-alcohol motifs (C(OH)–C–C–N with tert-alkyl or cyclic N) is 4. The molecule has 0 aromatic heterocycles. The van der Waals surface area contributed by atoms with Crippen LogP contribution in [0.5, 0.6) is 0 Å². The van der Waals surface area contributed by atoms with Crippen molar-refractivity contribution in [3.05, 3.63) is 94.5 Å². The van der Waals surface area contributed by atoms with Crippen LogP contribution in [0.15, 0.2) is 72.8 Å². The summed E-state index contributed by atoms with van der Waals surface area (Å²) in [4.78, 5) is 4.05. The molecule has 0 amide bonds. The van der Waals surface area contributed by atoms with Crippen LogP contribution in [0.3, 0.4) is 0 Å². The lowest BCUT2D eigenvalue weighted by molar-refractivity contribution is 0.0645. The van der Waals surface area contributed by atoms with Gasteiger partial charge < -0.3 is 30.2 Å². The molecule has 4 N–H and O–H groups in total. The van der Waals surface area contributed by atoms with Gasteiger partial charge in [-0.05, 0) is 53.1 Å². The fourth-order valence-corrected chi connectivity index (χ4v) is 5.63. The molecule has 0 aliphatic carbocycles. The highest BCUT2D eigenvalue weighted by atomic mass is 35.5. The maximum Gasteiger partial charge on any atom is 0.0740 e. The van der Waals surface area contributed by atoms with Crippen LogP contribution in [0, 0.1) is 0 Å². The molecule has 6 nitrogen and oxygen atoms in total. The molecule has 0 radical (unpaired) electrons. The molecule has 2 aliphatic rings. The number of hydrogen-bond donors (Lipinski definition) is 4. The van der Waals surface area contributed by atoms with E-state index in [1.807, 2.05) is 58.3 Å². The van der Waals surface area contributed by atoms with Gasteiger partial charge in [0.1, 0.15) is 0 Å². The van der Waals surface area contributed by atoms with Crippen molar-refractivity contribution in [1.82, 2.24) is 0 Å². The molecule has 4 unspecified atom stereocenters. The van der Waals surface area contributed by atoms with E-state index in [0.717, 1.165) is 28.1 Å². The number of piperidine rings is 2. The van der Waals surface area contributed by atoms with Crippen LogP contribution in [-0.2, 0) is 0 Å². The molecule has 0 saturated carbocycles. The van der Waals surface area contributed by atoms with E-state index in [1.54, 1.807) is 0 Å². The average Bonchev–Trinajstić information content (AvgIpc) is 2.85. The van der Waals surface area contributed by atoms with Crippen molar-refractivity contribution in [3.8, 4) is 0 Å². The van der Waals surface area contributed by atoms with Crippen LogP contribution < -0.4 is 9.80 Å². The van der Waals surface area contributed by atoms with Gasteiger partial charge >= 0.3 is 0 Å². The molecule has 3 aromatic carbocycles. The highest BCUT2D eigenvalue weighted by Crippen LogP contribution is 2.35. The van der Waals surface area contributed by atoms with E-state index in [0.29, 0.717) is 44.0 Å². The summed E-state index contributed by atoms with van der Waals surface area (Å²) in [6.45, 7) is 2.05. The molecular weight excluding hydrogens is 476 g/mol. The fourth-order valence-electron chi connectivity index (χ4n) is 5.50. The highest BCUT2D eigenvalue weighted by molar-refractivity contribution is 6.30. The third-order valence-corrected chi connectivity index (χ3v) is 7.45. The first-order valence-electron chi connectivity index (χ1n) is 12.5. The zero-order chi connectivity index (χ0) is 25.2. The highest BCUT2D eigenvalue weighted by Gasteiger charge is 2.26. The number of rotatable bonds is 5. The molecule has 4 atom stereocenters. The van der Waals surface area contributed by atoms with Gasteiger partial charge in [0, 0.05) is 61.3 Å². The van der Waals surface area contributed by atoms with E-state index in [4.69, 9.17) is 11.6 Å². The number of aliphatic hydroxyl groups is 4. The SMILES string of the molecule is OC1CC(O)CN(c2ccc(C(c3ccc(Cl)cc3)c3ccc(N4CC(O)CC(O)C4)cc3)cc2)C1. The third kappa shape index (κ3) is 5.69. The van der Waals surface area contributed by atoms with Crippen molar-refractivity contribution < 1.29 is 20.4 Å². The monoisotopic (exact) mass is 508 g/mol. The predicted octanol–water partition coefficient (Wildman–Crippen LogP) is 3.38. The Morgan fingerprint density at radius 1 is 0.528 bits per heavy atom. The van der Waals surface area contributed by atoms with Crippen LogP contribution in [0.2, 0.25) is 5.02 Å². The summed E-state index contributed by atoms with van der Waals surface area (Å²) in [7, 11) is 0. The maximum atomic E-state index is 10.1. The minimum Gasteiger partial charge on any atom is -0.391 e. The minimum absolute atomic E-state index is 0.0135. The number of halogens is 1. The molecule has 36 heavy (non-hydrogen) atoms. The third-order valence-electron chi connectivity index (χ3n) is 7.20. The van der Waals surface area contributed by atoms with E-state index in [2.05, 4.69) is 24.3 Å². The van der Waals surface area contributed by atoms with E-state index in [-0.39, 0.29) is 5.92 Å². The van der Waals surface area contributed by atoms with Gasteiger partial charge in [0.25, 0.3) is 0 Å². The Labute approximate surface area is 217 Å². The molecule has 0 spiro atoms. The van der Waals surface area contributed by atoms with E-state index in [9.17, 15) is 20.4 Å². The van der Waals surface area contributed by atoms with Crippen molar-refractivity contribution in [2.45, 2.75) is 43.2 Å². The lowest BCUT2D eigenvalue weighted by Crippen LogP contribution is -2.45. The van der Waals surface area contributed by atoms with Gasteiger partial charge in [-0.15, -0.1) is 0 Å². The topological polar surface area (TPSA) is 87.4 Å². The van der Waals surface area contributed by atoms with Gasteiger partial charge in [0.05, 0.1) is 24.4 Å². The van der Waals surface area contributed by atoms with Gasteiger partial charge in [-0.25, -0.2) is 0 Å². The molecule has 5 rings (SSSR count). The second kappa shape index (κ2) is 10.8. The molecule has 2 saturated heterocycles. The Balaban J connectivity index is 1.43. The summed E-state index contributed by atoms with van der Waals surface area (Å²) < 4.78 is 0. The van der Waals surface area contributed by atoms with Crippen LogP contribution >= 0.6 is 11.6 Å². The molecule has 2 fully saturated rings. The summed E-state index contributed by atoms with van der Waals surface area (Å²) in [6.07, 6.45) is -1.30. The van der Waals surface area contributed by atoms with Gasteiger partial charge in [-0.3, -0.25) is 0 Å². The first-order valence-corrected chi connectivity index (χ1v) is 12.9. The van der Waals surface area contributed by atoms with E-state index < -0.39 is 24.4 Å². The number of nitrogens with zero attached hydrogens (tertiary/aromatic N) is 2. The van der Waals surface area contributed by atoms with E-state index in [1.165, 1.54) is 0 Å². The predicted molar refractivity (Wildman–Crippen MR) is 143 cm³/mol. The summed E-state index contributed by atoms with van der Waals surface area (Å²) in [5, 5.41) is 41.0. The molecule has 2 heterocycles. The van der Waals surface area contributed by atoms with Crippen molar-refractivity contribution in [2.75, 3.05) is 36.0 Å². The molecule has 0 bridgehead atoms. The molecule has 2 aliphatic heterocycles. The summed E-state index contributed by atoms with van der Waals surface area (Å²) >= 11 is 6.18. The van der Waals surface area contributed by atoms with Crippen LogP contribution in [-0.4, -0.2) is 71.0 Å². The van der Waals surface area contributed by atoms with Crippen molar-refractivity contribution >= 4 is 23.0 Å². The first kappa shape index (κ1) is 25.1. The fraction of sp³-hybridized carbons (Fsp3) is 0.379. The van der Waals surface area contributed by atoms with Crippen molar-refractivity contribution in [3.63, 3.8) is 0 Å². The number of anilines is 2. The quantitative estimate of drug-likeness (QED) is 0.395.